The summed E-state index contributed by atoms with van der Waals surface area (Å²) in [4.78, 5) is 62.2. The Morgan fingerprint density at radius 1 is 0.500 bits per heavy atom. The zero-order chi connectivity index (χ0) is 34.3. The molecule has 0 saturated carbocycles. The third-order valence-corrected chi connectivity index (χ3v) is 6.96. The normalized spacial score (nSPS) is 10.9. The summed E-state index contributed by atoms with van der Waals surface area (Å²) >= 11 is 0. The van der Waals surface area contributed by atoms with E-state index >= 15 is 0 Å². The molecule has 0 aliphatic heterocycles. The number of carbonyl (C=O) groups excluding carboxylic acids is 5. The summed E-state index contributed by atoms with van der Waals surface area (Å²) in [6.45, 7) is 2.89. The Bertz CT molecular complexity index is 1690. The van der Waals surface area contributed by atoms with Crippen LogP contribution < -0.4 is 0 Å². The molecule has 0 aromatic heterocycles. The van der Waals surface area contributed by atoms with Crippen molar-refractivity contribution in [3.63, 3.8) is 0 Å². The number of hydrogen-bond donors (Lipinski definition) is 0. The lowest BCUT2D eigenvalue weighted by atomic mass is 9.96. The molecule has 9 heteroatoms. The second kappa shape index (κ2) is 17.6. The predicted octanol–water partition coefficient (Wildman–Crippen LogP) is 6.36. The lowest BCUT2D eigenvalue weighted by Gasteiger charge is -2.11. The summed E-state index contributed by atoms with van der Waals surface area (Å²) in [6, 6.07) is 27.8. The first-order valence-electron chi connectivity index (χ1n) is 15.1. The van der Waals surface area contributed by atoms with E-state index < -0.39 is 23.9 Å². The summed E-state index contributed by atoms with van der Waals surface area (Å²) in [5.74, 6) is -2.63. The van der Waals surface area contributed by atoms with Gasteiger partial charge in [0, 0.05) is 23.3 Å². The Morgan fingerprint density at radius 3 is 1.25 bits per heavy atom. The second-order valence-corrected chi connectivity index (χ2v) is 10.5. The van der Waals surface area contributed by atoms with Crippen molar-refractivity contribution >= 4 is 41.8 Å². The van der Waals surface area contributed by atoms with Crippen molar-refractivity contribution < 1.29 is 42.9 Å². The molecule has 0 fully saturated rings. The van der Waals surface area contributed by atoms with Crippen LogP contribution in [0.1, 0.15) is 58.9 Å². The number of ketones is 1. The minimum absolute atomic E-state index is 0.109. The quantitative estimate of drug-likeness (QED) is 0.0506. The standard InChI is InChI=1S/C39H34O9/c1-27-25-31(15-17-33(27)38(43)47-23-21-45-35(40)19-13-29-9-5-3-6-10-29)37(42)32-16-18-34(28(2)26-32)39(44)48-24-22-46-36(41)20-14-30-11-7-4-8-12-30/h3-20,25-26H,21-24H2,1-2H3/b19-13+,20-14+. The van der Waals surface area contributed by atoms with E-state index in [0.717, 1.165) is 11.1 Å². The van der Waals surface area contributed by atoms with Crippen LogP contribution >= 0.6 is 0 Å². The topological polar surface area (TPSA) is 122 Å². The first kappa shape index (κ1) is 34.8. The van der Waals surface area contributed by atoms with Gasteiger partial charge in [-0.2, -0.15) is 0 Å². The van der Waals surface area contributed by atoms with Gasteiger partial charge in [-0.15, -0.1) is 0 Å². The molecule has 0 saturated heterocycles. The third kappa shape index (κ3) is 10.5. The number of ether oxygens (including phenoxy) is 4. The van der Waals surface area contributed by atoms with E-state index in [0.29, 0.717) is 22.3 Å². The molecule has 0 N–H and O–H groups in total. The molecule has 4 aromatic rings. The predicted molar refractivity (Wildman–Crippen MR) is 179 cm³/mol. The van der Waals surface area contributed by atoms with Crippen molar-refractivity contribution in [1.82, 2.24) is 0 Å². The first-order valence-corrected chi connectivity index (χ1v) is 15.1. The average molecular weight is 647 g/mol. The molecule has 0 bridgehead atoms. The van der Waals surface area contributed by atoms with Gasteiger partial charge in [-0.25, -0.2) is 19.2 Å². The number of aryl methyl sites for hydroxylation is 2. The van der Waals surface area contributed by atoms with Gasteiger partial charge in [-0.1, -0.05) is 72.8 Å². The van der Waals surface area contributed by atoms with Crippen LogP contribution in [0.5, 0.6) is 0 Å². The van der Waals surface area contributed by atoms with Crippen LogP contribution in [0.2, 0.25) is 0 Å². The minimum atomic E-state index is -0.612. The molecule has 0 aliphatic rings. The summed E-state index contributed by atoms with van der Waals surface area (Å²) < 4.78 is 20.6. The minimum Gasteiger partial charge on any atom is -0.459 e. The fraction of sp³-hybridized carbons (Fsp3) is 0.154. The van der Waals surface area contributed by atoms with Crippen LogP contribution in [-0.2, 0) is 28.5 Å². The summed E-state index contributed by atoms with van der Waals surface area (Å²) in [5, 5.41) is 0. The van der Waals surface area contributed by atoms with Crippen molar-refractivity contribution in [3.05, 3.63) is 154 Å². The van der Waals surface area contributed by atoms with E-state index in [9.17, 15) is 24.0 Å². The van der Waals surface area contributed by atoms with Crippen LogP contribution in [-0.4, -0.2) is 56.1 Å². The summed E-state index contributed by atoms with van der Waals surface area (Å²) in [5.41, 5.74) is 4.01. The van der Waals surface area contributed by atoms with Gasteiger partial charge >= 0.3 is 23.9 Å². The van der Waals surface area contributed by atoms with Crippen LogP contribution in [0.25, 0.3) is 12.2 Å². The number of rotatable bonds is 14. The van der Waals surface area contributed by atoms with E-state index in [1.807, 2.05) is 60.7 Å². The van der Waals surface area contributed by atoms with E-state index in [4.69, 9.17) is 18.9 Å². The fourth-order valence-corrected chi connectivity index (χ4v) is 4.50. The Kier molecular flexibility index (Phi) is 12.7. The van der Waals surface area contributed by atoms with Gasteiger partial charge in [-0.3, -0.25) is 4.79 Å². The molecule has 0 heterocycles. The molecule has 0 radical (unpaired) electrons. The molecule has 48 heavy (non-hydrogen) atoms. The molecule has 0 atom stereocenters. The molecule has 0 unspecified atom stereocenters. The maximum Gasteiger partial charge on any atom is 0.338 e. The second-order valence-electron chi connectivity index (χ2n) is 10.5. The van der Waals surface area contributed by atoms with E-state index in [1.54, 1.807) is 38.1 Å². The van der Waals surface area contributed by atoms with E-state index in [2.05, 4.69) is 0 Å². The average Bonchev–Trinajstić information content (AvgIpc) is 3.10. The van der Waals surface area contributed by atoms with Gasteiger partial charge in [-0.05, 0) is 72.5 Å². The van der Waals surface area contributed by atoms with E-state index in [-0.39, 0.29) is 43.3 Å². The van der Waals surface area contributed by atoms with Gasteiger partial charge in [0.15, 0.2) is 5.78 Å². The summed E-state index contributed by atoms with van der Waals surface area (Å²) in [7, 11) is 0. The Hall–Kier alpha value is -6.09. The molecular formula is C39H34O9. The highest BCUT2D eigenvalue weighted by atomic mass is 16.6. The van der Waals surface area contributed by atoms with Crippen molar-refractivity contribution in [3.8, 4) is 0 Å². The van der Waals surface area contributed by atoms with Gasteiger partial charge < -0.3 is 18.9 Å². The van der Waals surface area contributed by atoms with Crippen LogP contribution in [0, 0.1) is 13.8 Å². The van der Waals surface area contributed by atoms with Crippen molar-refractivity contribution in [2.45, 2.75) is 13.8 Å². The van der Waals surface area contributed by atoms with Gasteiger partial charge in [0.25, 0.3) is 0 Å². The molecular weight excluding hydrogens is 612 g/mol. The molecule has 0 amide bonds. The van der Waals surface area contributed by atoms with Crippen molar-refractivity contribution in [1.29, 1.82) is 0 Å². The monoisotopic (exact) mass is 646 g/mol. The van der Waals surface area contributed by atoms with Gasteiger partial charge in [0.05, 0.1) is 11.1 Å². The van der Waals surface area contributed by atoms with Crippen molar-refractivity contribution in [2.75, 3.05) is 26.4 Å². The number of carbonyl (C=O) groups is 5. The first-order chi connectivity index (χ1) is 23.2. The maximum atomic E-state index is 13.2. The highest BCUT2D eigenvalue weighted by Crippen LogP contribution is 2.19. The van der Waals surface area contributed by atoms with Crippen LogP contribution in [0.3, 0.4) is 0 Å². The Balaban J connectivity index is 1.23. The molecule has 244 valence electrons. The van der Waals surface area contributed by atoms with Crippen molar-refractivity contribution in [2.24, 2.45) is 0 Å². The largest absolute Gasteiger partial charge is 0.459 e. The molecule has 4 aromatic carbocycles. The highest BCUT2D eigenvalue weighted by Gasteiger charge is 2.18. The smallest absolute Gasteiger partial charge is 0.338 e. The SMILES string of the molecule is Cc1cc(C(=O)c2ccc(C(=O)OCCOC(=O)/C=C/c3ccccc3)c(C)c2)ccc1C(=O)OCCOC(=O)/C=C/c1ccccc1. The Morgan fingerprint density at radius 2 is 0.875 bits per heavy atom. The lowest BCUT2D eigenvalue weighted by molar-refractivity contribution is -0.139. The number of benzene rings is 4. The highest BCUT2D eigenvalue weighted by molar-refractivity contribution is 6.10. The van der Waals surface area contributed by atoms with Crippen LogP contribution in [0.15, 0.2) is 109 Å². The number of hydrogen-bond acceptors (Lipinski definition) is 9. The maximum absolute atomic E-state index is 13.2. The lowest BCUT2D eigenvalue weighted by Crippen LogP contribution is -2.15. The van der Waals surface area contributed by atoms with Gasteiger partial charge in [0.1, 0.15) is 26.4 Å². The van der Waals surface area contributed by atoms with Gasteiger partial charge in [0.2, 0.25) is 0 Å². The molecule has 4 rings (SSSR count). The molecule has 0 spiro atoms. The fourth-order valence-electron chi connectivity index (χ4n) is 4.50. The van der Waals surface area contributed by atoms with E-state index in [1.165, 1.54) is 36.4 Å². The molecule has 0 aliphatic carbocycles. The number of esters is 4. The van der Waals surface area contributed by atoms with Crippen LogP contribution in [0.4, 0.5) is 0 Å². The zero-order valence-corrected chi connectivity index (χ0v) is 26.5. The zero-order valence-electron chi connectivity index (χ0n) is 26.5. The third-order valence-electron chi connectivity index (χ3n) is 6.96. The summed E-state index contributed by atoms with van der Waals surface area (Å²) in [6.07, 6.45) is 5.85. The Labute approximate surface area is 278 Å². The molecule has 9 nitrogen and oxygen atoms in total.